The Labute approximate surface area is 155 Å². The molecule has 2 heteroatoms. The van der Waals surface area contributed by atoms with Crippen LogP contribution in [0.5, 0.6) is 0 Å². The summed E-state index contributed by atoms with van der Waals surface area (Å²) in [6.45, 7) is 6.24. The largest absolute Gasteiger partial charge is 0.346 e. The van der Waals surface area contributed by atoms with Crippen LogP contribution >= 0.6 is 0 Å². The number of amides is 1. The maximum atomic E-state index is 12.7. The van der Waals surface area contributed by atoms with Crippen LogP contribution in [0.4, 0.5) is 0 Å². The highest BCUT2D eigenvalue weighted by molar-refractivity contribution is 5.98. The summed E-state index contributed by atoms with van der Waals surface area (Å²) < 4.78 is 0. The highest BCUT2D eigenvalue weighted by atomic mass is 16.1. The second-order valence-electron chi connectivity index (χ2n) is 7.63. The van der Waals surface area contributed by atoms with Crippen molar-refractivity contribution in [3.63, 3.8) is 0 Å². The van der Waals surface area contributed by atoms with Crippen molar-refractivity contribution in [3.8, 4) is 0 Å². The second-order valence-corrected chi connectivity index (χ2v) is 7.63. The fourth-order valence-electron chi connectivity index (χ4n) is 3.47. The standard InChI is InChI=1S/C24H25NO/c1-15-4-5-19(12-16(15)2)17(3)25-24(26)23-11-10-21-13-20(18-6-7-18)8-9-22(21)14-23/h4-5,8-14,17-18H,6-7H2,1-3H3,(H,25,26)/t17-/m1/s1. The smallest absolute Gasteiger partial charge is 0.251 e. The van der Waals surface area contributed by atoms with Gasteiger partial charge >= 0.3 is 0 Å². The fraction of sp³-hybridized carbons (Fsp3) is 0.292. The average molecular weight is 343 g/mol. The first-order chi connectivity index (χ1) is 12.5. The number of hydrogen-bond donors (Lipinski definition) is 1. The first-order valence-electron chi connectivity index (χ1n) is 9.43. The molecule has 1 fully saturated rings. The summed E-state index contributed by atoms with van der Waals surface area (Å²) in [4.78, 5) is 12.7. The number of rotatable bonds is 4. The molecule has 0 aliphatic heterocycles. The molecule has 3 aromatic rings. The molecule has 0 bridgehead atoms. The molecule has 1 N–H and O–H groups in total. The summed E-state index contributed by atoms with van der Waals surface area (Å²) in [7, 11) is 0. The highest BCUT2D eigenvalue weighted by Gasteiger charge is 2.23. The Hall–Kier alpha value is -2.61. The van der Waals surface area contributed by atoms with Crippen molar-refractivity contribution < 1.29 is 4.79 Å². The highest BCUT2D eigenvalue weighted by Crippen LogP contribution is 2.40. The molecule has 1 atom stereocenters. The number of fused-ring (bicyclic) bond motifs is 1. The van der Waals surface area contributed by atoms with Gasteiger partial charge in [0.05, 0.1) is 6.04 Å². The second kappa shape index (κ2) is 6.60. The Balaban J connectivity index is 1.53. The Kier molecular flexibility index (Phi) is 4.28. The van der Waals surface area contributed by atoms with Crippen LogP contribution in [0.15, 0.2) is 54.6 Å². The third-order valence-electron chi connectivity index (χ3n) is 5.55. The first-order valence-corrected chi connectivity index (χ1v) is 9.43. The first kappa shape index (κ1) is 16.8. The van der Waals surface area contributed by atoms with E-state index in [-0.39, 0.29) is 11.9 Å². The van der Waals surface area contributed by atoms with Crippen molar-refractivity contribution in [1.29, 1.82) is 0 Å². The van der Waals surface area contributed by atoms with Gasteiger partial charge in [0.2, 0.25) is 0 Å². The number of carbonyl (C=O) groups is 1. The third-order valence-corrected chi connectivity index (χ3v) is 5.55. The Morgan fingerprint density at radius 2 is 1.65 bits per heavy atom. The van der Waals surface area contributed by atoms with E-state index in [2.05, 4.69) is 61.6 Å². The van der Waals surface area contributed by atoms with Crippen LogP contribution in [0.3, 0.4) is 0 Å². The van der Waals surface area contributed by atoms with Crippen LogP contribution < -0.4 is 5.32 Å². The fourth-order valence-corrected chi connectivity index (χ4v) is 3.47. The van der Waals surface area contributed by atoms with Crippen molar-refractivity contribution in [1.82, 2.24) is 5.32 Å². The monoisotopic (exact) mass is 343 g/mol. The molecule has 0 radical (unpaired) electrons. The van der Waals surface area contributed by atoms with Gasteiger partial charge in [0, 0.05) is 5.56 Å². The van der Waals surface area contributed by atoms with Gasteiger partial charge in [-0.15, -0.1) is 0 Å². The Bertz CT molecular complexity index is 985. The summed E-state index contributed by atoms with van der Waals surface area (Å²) in [5.74, 6) is 0.727. The minimum atomic E-state index is -0.0242. The van der Waals surface area contributed by atoms with Gasteiger partial charge in [-0.05, 0) is 84.7 Å². The molecule has 1 saturated carbocycles. The van der Waals surface area contributed by atoms with E-state index < -0.39 is 0 Å². The van der Waals surface area contributed by atoms with Crippen molar-refractivity contribution in [2.75, 3.05) is 0 Å². The predicted molar refractivity (Wildman–Crippen MR) is 108 cm³/mol. The maximum Gasteiger partial charge on any atom is 0.251 e. The van der Waals surface area contributed by atoms with Crippen LogP contribution in [-0.2, 0) is 0 Å². The number of hydrogen-bond acceptors (Lipinski definition) is 1. The van der Waals surface area contributed by atoms with Crippen LogP contribution in [0.2, 0.25) is 0 Å². The van der Waals surface area contributed by atoms with Crippen molar-refractivity contribution >= 4 is 16.7 Å². The molecular weight excluding hydrogens is 318 g/mol. The Morgan fingerprint density at radius 1 is 0.923 bits per heavy atom. The molecule has 2 nitrogen and oxygen atoms in total. The topological polar surface area (TPSA) is 29.1 Å². The van der Waals surface area contributed by atoms with Crippen LogP contribution in [0.1, 0.15) is 64.3 Å². The van der Waals surface area contributed by atoms with E-state index in [0.717, 1.165) is 16.9 Å². The minimum absolute atomic E-state index is 0.0188. The lowest BCUT2D eigenvalue weighted by atomic mass is 10.0. The zero-order valence-corrected chi connectivity index (χ0v) is 15.7. The van der Waals surface area contributed by atoms with E-state index in [1.54, 1.807) is 0 Å². The van der Waals surface area contributed by atoms with Gasteiger partial charge in [0.1, 0.15) is 0 Å². The van der Waals surface area contributed by atoms with Crippen LogP contribution in [0, 0.1) is 13.8 Å². The molecule has 26 heavy (non-hydrogen) atoms. The maximum absolute atomic E-state index is 12.7. The molecular formula is C24H25NO. The van der Waals surface area contributed by atoms with Crippen molar-refractivity contribution in [3.05, 3.63) is 82.4 Å². The quantitative estimate of drug-likeness (QED) is 0.635. The molecule has 0 saturated heterocycles. The van der Waals surface area contributed by atoms with E-state index in [9.17, 15) is 4.79 Å². The molecule has 0 spiro atoms. The normalized spacial score (nSPS) is 15.0. The van der Waals surface area contributed by atoms with Crippen molar-refractivity contribution in [2.24, 2.45) is 0 Å². The number of carbonyl (C=O) groups excluding carboxylic acids is 1. The molecule has 0 aromatic heterocycles. The summed E-state index contributed by atoms with van der Waals surface area (Å²) in [5, 5.41) is 5.47. The van der Waals surface area contributed by atoms with Gasteiger partial charge in [-0.1, -0.05) is 42.5 Å². The third kappa shape index (κ3) is 3.37. The molecule has 0 unspecified atom stereocenters. The average Bonchev–Trinajstić information content (AvgIpc) is 3.48. The minimum Gasteiger partial charge on any atom is -0.346 e. The molecule has 132 valence electrons. The number of aryl methyl sites for hydroxylation is 2. The van der Waals surface area contributed by atoms with E-state index >= 15 is 0 Å². The number of benzene rings is 3. The lowest BCUT2D eigenvalue weighted by Gasteiger charge is -2.16. The van der Waals surface area contributed by atoms with Gasteiger partial charge in [-0.2, -0.15) is 0 Å². The van der Waals surface area contributed by atoms with E-state index in [0.29, 0.717) is 5.56 Å². The molecule has 1 aliphatic carbocycles. The summed E-state index contributed by atoms with van der Waals surface area (Å²) >= 11 is 0. The molecule has 0 heterocycles. The van der Waals surface area contributed by atoms with E-state index in [4.69, 9.17) is 0 Å². The van der Waals surface area contributed by atoms with Crippen LogP contribution in [-0.4, -0.2) is 5.91 Å². The van der Waals surface area contributed by atoms with Gasteiger partial charge < -0.3 is 5.32 Å². The van der Waals surface area contributed by atoms with Crippen LogP contribution in [0.25, 0.3) is 10.8 Å². The summed E-state index contributed by atoms with van der Waals surface area (Å²) in [5.41, 5.74) is 5.80. The number of nitrogens with one attached hydrogen (secondary N) is 1. The Morgan fingerprint density at radius 3 is 2.38 bits per heavy atom. The van der Waals surface area contributed by atoms with Gasteiger partial charge in [-0.25, -0.2) is 0 Å². The lowest BCUT2D eigenvalue weighted by molar-refractivity contribution is 0.0940. The zero-order chi connectivity index (χ0) is 18.3. The summed E-state index contributed by atoms with van der Waals surface area (Å²) in [6.07, 6.45) is 2.62. The van der Waals surface area contributed by atoms with Gasteiger partial charge in [-0.3, -0.25) is 4.79 Å². The van der Waals surface area contributed by atoms with Crippen molar-refractivity contribution in [2.45, 2.75) is 45.6 Å². The molecule has 4 rings (SSSR count). The molecule has 1 aliphatic rings. The van der Waals surface area contributed by atoms with E-state index in [1.165, 1.54) is 34.9 Å². The van der Waals surface area contributed by atoms with Gasteiger partial charge in [0.25, 0.3) is 5.91 Å². The lowest BCUT2D eigenvalue weighted by Crippen LogP contribution is -2.26. The SMILES string of the molecule is Cc1ccc([C@@H](C)NC(=O)c2ccc3cc(C4CC4)ccc3c2)cc1C. The molecule has 1 amide bonds. The van der Waals surface area contributed by atoms with Gasteiger partial charge in [0.15, 0.2) is 0 Å². The summed E-state index contributed by atoms with van der Waals surface area (Å²) in [6, 6.07) is 19.0. The molecule has 3 aromatic carbocycles. The predicted octanol–water partition coefficient (Wildman–Crippen LogP) is 5.83. The van der Waals surface area contributed by atoms with E-state index in [1.807, 2.05) is 19.1 Å². The zero-order valence-electron chi connectivity index (χ0n) is 15.7.